The van der Waals surface area contributed by atoms with Gasteiger partial charge in [-0.15, -0.1) is 12.4 Å². The van der Waals surface area contributed by atoms with E-state index in [0.717, 1.165) is 25.9 Å². The van der Waals surface area contributed by atoms with Gasteiger partial charge in [-0.2, -0.15) is 0 Å². The van der Waals surface area contributed by atoms with Crippen LogP contribution in [-0.2, 0) is 19.4 Å². The Morgan fingerprint density at radius 1 is 1.30 bits per heavy atom. The van der Waals surface area contributed by atoms with Gasteiger partial charge in [0.25, 0.3) is 0 Å². The van der Waals surface area contributed by atoms with Crippen LogP contribution in [-0.4, -0.2) is 59.2 Å². The van der Waals surface area contributed by atoms with Crippen LogP contribution in [0.3, 0.4) is 0 Å². The van der Waals surface area contributed by atoms with Crippen molar-refractivity contribution in [3.63, 3.8) is 0 Å². The highest BCUT2D eigenvalue weighted by atomic mass is 35.5. The van der Waals surface area contributed by atoms with Crippen LogP contribution >= 0.6 is 12.4 Å². The first-order chi connectivity index (χ1) is 10.3. The molecule has 0 saturated carbocycles. The molecule has 0 aromatic heterocycles. The zero-order valence-corrected chi connectivity index (χ0v) is 16.0. The molecule has 0 atom stereocenters. The Morgan fingerprint density at radius 2 is 1.91 bits per heavy atom. The number of halogens is 1. The van der Waals surface area contributed by atoms with Crippen LogP contribution in [0.4, 0.5) is 0 Å². The van der Waals surface area contributed by atoms with E-state index in [1.807, 2.05) is 13.8 Å². The number of amides is 1. The van der Waals surface area contributed by atoms with Gasteiger partial charge < -0.3 is 15.4 Å². The molecule has 23 heavy (non-hydrogen) atoms. The largest absolute Gasteiger partial charge is 0.384 e. The monoisotopic (exact) mass is 370 g/mol. The highest BCUT2D eigenvalue weighted by Gasteiger charge is 2.32. The molecular formula is C15H31ClN2O4S. The first-order valence-electron chi connectivity index (χ1n) is 7.95. The summed E-state index contributed by atoms with van der Waals surface area (Å²) in [6.07, 6.45) is 1.94. The SMILES string of the molecule is COCC1(CNC(=O)CCS(=O)(=O)CC(C)C)CCNCC1.Cl. The minimum atomic E-state index is -3.14. The molecule has 1 fully saturated rings. The van der Waals surface area contributed by atoms with Crippen molar-refractivity contribution in [1.29, 1.82) is 0 Å². The fraction of sp³-hybridized carbons (Fsp3) is 0.933. The molecule has 2 N–H and O–H groups in total. The summed E-state index contributed by atoms with van der Waals surface area (Å²) in [5.74, 6) is -0.0378. The summed E-state index contributed by atoms with van der Waals surface area (Å²) in [6, 6.07) is 0. The van der Waals surface area contributed by atoms with E-state index >= 15 is 0 Å². The summed E-state index contributed by atoms with van der Waals surface area (Å²) in [7, 11) is -1.47. The molecule has 1 heterocycles. The minimum Gasteiger partial charge on any atom is -0.384 e. The molecule has 0 unspecified atom stereocenters. The number of rotatable bonds is 9. The molecule has 0 aromatic rings. The van der Waals surface area contributed by atoms with E-state index in [1.165, 1.54) is 0 Å². The zero-order valence-electron chi connectivity index (χ0n) is 14.4. The van der Waals surface area contributed by atoms with Gasteiger partial charge in [0.15, 0.2) is 9.84 Å². The number of piperidine rings is 1. The molecule has 1 rings (SSSR count). The van der Waals surface area contributed by atoms with Crippen LogP contribution in [0, 0.1) is 11.3 Å². The zero-order chi connectivity index (χ0) is 16.6. The standard InChI is InChI=1S/C15H30N2O4S.ClH/c1-13(2)10-22(19,20)9-4-14(18)17-11-15(12-21-3)5-7-16-8-6-15;/h13,16H,4-12H2,1-3H3,(H,17,18);1H. The number of hydrogen-bond donors (Lipinski definition) is 2. The first kappa shape index (κ1) is 22.6. The maximum Gasteiger partial charge on any atom is 0.221 e. The Bertz CT molecular complexity index is 443. The van der Waals surface area contributed by atoms with Gasteiger partial charge >= 0.3 is 0 Å². The van der Waals surface area contributed by atoms with E-state index in [4.69, 9.17) is 4.74 Å². The number of methoxy groups -OCH3 is 1. The van der Waals surface area contributed by atoms with Crippen LogP contribution in [0.15, 0.2) is 0 Å². The van der Waals surface area contributed by atoms with Gasteiger partial charge in [0.2, 0.25) is 5.91 Å². The molecular weight excluding hydrogens is 340 g/mol. The lowest BCUT2D eigenvalue weighted by Crippen LogP contribution is -2.47. The number of hydrogen-bond acceptors (Lipinski definition) is 5. The lowest BCUT2D eigenvalue weighted by molar-refractivity contribution is -0.121. The third-order valence-electron chi connectivity index (χ3n) is 4.00. The van der Waals surface area contributed by atoms with Crippen LogP contribution in [0.1, 0.15) is 33.1 Å². The van der Waals surface area contributed by atoms with E-state index in [1.54, 1.807) is 7.11 Å². The Morgan fingerprint density at radius 3 is 2.43 bits per heavy atom. The summed E-state index contributed by atoms with van der Waals surface area (Å²) in [5.41, 5.74) is -0.0353. The second-order valence-corrected chi connectivity index (χ2v) is 8.95. The Kier molecular flexibility index (Phi) is 10.3. The highest BCUT2D eigenvalue weighted by molar-refractivity contribution is 7.91. The molecule has 1 saturated heterocycles. The van der Waals surface area contributed by atoms with Crippen molar-refractivity contribution in [2.45, 2.75) is 33.1 Å². The number of ether oxygens (including phenoxy) is 1. The molecule has 0 aliphatic carbocycles. The summed E-state index contributed by atoms with van der Waals surface area (Å²) >= 11 is 0. The Hall–Kier alpha value is -0.370. The molecule has 0 aromatic carbocycles. The Labute approximate surface area is 146 Å². The van der Waals surface area contributed by atoms with Crippen molar-refractivity contribution in [2.24, 2.45) is 11.3 Å². The van der Waals surface area contributed by atoms with Crippen molar-refractivity contribution in [3.05, 3.63) is 0 Å². The lowest BCUT2D eigenvalue weighted by Gasteiger charge is -2.37. The van der Waals surface area contributed by atoms with Gasteiger partial charge in [-0.1, -0.05) is 13.8 Å². The third-order valence-corrected chi connectivity index (χ3v) is 6.00. The molecule has 8 heteroatoms. The highest BCUT2D eigenvalue weighted by Crippen LogP contribution is 2.28. The Balaban J connectivity index is 0.00000484. The van der Waals surface area contributed by atoms with Gasteiger partial charge in [-0.3, -0.25) is 4.79 Å². The van der Waals surface area contributed by atoms with E-state index < -0.39 is 9.84 Å². The molecule has 1 aliphatic rings. The fourth-order valence-corrected chi connectivity index (χ4v) is 4.53. The normalized spacial score (nSPS) is 17.6. The predicted molar refractivity (Wildman–Crippen MR) is 94.8 cm³/mol. The molecule has 0 spiro atoms. The van der Waals surface area contributed by atoms with Gasteiger partial charge in [0.05, 0.1) is 18.1 Å². The average Bonchev–Trinajstić information content (AvgIpc) is 2.43. The molecule has 1 aliphatic heterocycles. The van der Waals surface area contributed by atoms with Gasteiger partial charge in [0.1, 0.15) is 0 Å². The fourth-order valence-electron chi connectivity index (χ4n) is 2.85. The van der Waals surface area contributed by atoms with Crippen molar-refractivity contribution < 1.29 is 17.9 Å². The first-order valence-corrected chi connectivity index (χ1v) is 9.77. The van der Waals surface area contributed by atoms with Crippen molar-refractivity contribution in [2.75, 3.05) is 44.9 Å². The smallest absolute Gasteiger partial charge is 0.221 e. The maximum absolute atomic E-state index is 11.9. The second-order valence-electron chi connectivity index (χ2n) is 6.72. The average molecular weight is 371 g/mol. The summed E-state index contributed by atoms with van der Waals surface area (Å²) < 4.78 is 28.9. The van der Waals surface area contributed by atoms with Crippen molar-refractivity contribution >= 4 is 28.2 Å². The van der Waals surface area contributed by atoms with Crippen molar-refractivity contribution in [3.8, 4) is 0 Å². The molecule has 1 amide bonds. The van der Waals surface area contributed by atoms with Gasteiger partial charge in [-0.05, 0) is 31.8 Å². The van der Waals surface area contributed by atoms with Crippen LogP contribution in [0.25, 0.3) is 0 Å². The number of carbonyl (C=O) groups excluding carboxylic acids is 1. The van der Waals surface area contributed by atoms with Gasteiger partial charge in [-0.25, -0.2) is 8.42 Å². The number of nitrogens with one attached hydrogen (secondary N) is 2. The number of carbonyl (C=O) groups is 1. The topological polar surface area (TPSA) is 84.5 Å². The van der Waals surface area contributed by atoms with E-state index in [0.29, 0.717) is 13.2 Å². The third kappa shape index (κ3) is 8.88. The predicted octanol–water partition coefficient (Wildman–Crippen LogP) is 1.00. The summed E-state index contributed by atoms with van der Waals surface area (Å²) in [4.78, 5) is 11.9. The second kappa shape index (κ2) is 10.5. The van der Waals surface area contributed by atoms with E-state index in [2.05, 4.69) is 10.6 Å². The quantitative estimate of drug-likeness (QED) is 0.632. The lowest BCUT2D eigenvalue weighted by atomic mass is 9.79. The maximum atomic E-state index is 11.9. The van der Waals surface area contributed by atoms with E-state index in [-0.39, 0.29) is 47.6 Å². The van der Waals surface area contributed by atoms with Crippen LogP contribution in [0.2, 0.25) is 0 Å². The molecule has 6 nitrogen and oxygen atoms in total. The molecule has 138 valence electrons. The minimum absolute atomic E-state index is 0. The van der Waals surface area contributed by atoms with Crippen LogP contribution in [0.5, 0.6) is 0 Å². The summed E-state index contributed by atoms with van der Waals surface area (Å²) in [6.45, 7) is 6.72. The van der Waals surface area contributed by atoms with Gasteiger partial charge in [0, 0.05) is 25.5 Å². The van der Waals surface area contributed by atoms with E-state index in [9.17, 15) is 13.2 Å². The molecule has 0 radical (unpaired) electrons. The molecule has 0 bridgehead atoms. The number of sulfone groups is 1. The van der Waals surface area contributed by atoms with Crippen molar-refractivity contribution in [1.82, 2.24) is 10.6 Å². The summed E-state index contributed by atoms with van der Waals surface area (Å²) in [5, 5.41) is 6.19. The van der Waals surface area contributed by atoms with Crippen LogP contribution < -0.4 is 10.6 Å².